The van der Waals surface area contributed by atoms with E-state index >= 15 is 0 Å². The molecule has 2 aliphatic rings. The molecule has 2 fully saturated rings. The minimum Gasteiger partial charge on any atom is -0.316 e. The lowest BCUT2D eigenvalue weighted by Crippen LogP contribution is -2.44. The van der Waals surface area contributed by atoms with E-state index in [1.807, 2.05) is 0 Å². The van der Waals surface area contributed by atoms with Crippen LogP contribution in [0.15, 0.2) is 0 Å². The van der Waals surface area contributed by atoms with Gasteiger partial charge >= 0.3 is 0 Å². The van der Waals surface area contributed by atoms with Gasteiger partial charge in [0, 0.05) is 11.8 Å². The molecule has 0 saturated carbocycles. The first kappa shape index (κ1) is 9.81. The number of hydrogen-bond acceptors (Lipinski definition) is 3. The third kappa shape index (κ3) is 2.61. The molecular formula is C10H20N2S. The first-order valence-corrected chi connectivity index (χ1v) is 6.50. The second kappa shape index (κ2) is 4.67. The zero-order chi connectivity index (χ0) is 9.10. The minimum atomic E-state index is 0.873. The van der Waals surface area contributed by atoms with Crippen molar-refractivity contribution in [2.45, 2.75) is 18.9 Å². The average Bonchev–Trinajstić information content (AvgIpc) is 2.52. The van der Waals surface area contributed by atoms with E-state index in [0.717, 1.165) is 12.0 Å². The smallest absolute Gasteiger partial charge is 0.0191 e. The summed E-state index contributed by atoms with van der Waals surface area (Å²) in [6.07, 6.45) is 2.80. The molecule has 0 aromatic carbocycles. The fourth-order valence-corrected chi connectivity index (χ4v) is 3.29. The van der Waals surface area contributed by atoms with Crippen molar-refractivity contribution in [2.75, 3.05) is 38.2 Å². The van der Waals surface area contributed by atoms with Crippen LogP contribution >= 0.6 is 11.8 Å². The highest BCUT2D eigenvalue weighted by Gasteiger charge is 2.22. The van der Waals surface area contributed by atoms with Gasteiger partial charge in [-0.15, -0.1) is 0 Å². The van der Waals surface area contributed by atoms with E-state index < -0.39 is 0 Å². The normalized spacial score (nSPS) is 29.5. The summed E-state index contributed by atoms with van der Waals surface area (Å²) in [6.45, 7) is 3.82. The third-order valence-corrected chi connectivity index (χ3v) is 4.43. The first-order valence-electron chi connectivity index (χ1n) is 5.35. The van der Waals surface area contributed by atoms with Crippen molar-refractivity contribution < 1.29 is 0 Å². The Kier molecular flexibility index (Phi) is 3.52. The molecule has 1 unspecified atom stereocenters. The molecule has 1 N–H and O–H groups in total. The monoisotopic (exact) mass is 200 g/mol. The van der Waals surface area contributed by atoms with Crippen LogP contribution in [-0.4, -0.2) is 49.1 Å². The number of rotatable bonds is 4. The van der Waals surface area contributed by atoms with Crippen LogP contribution < -0.4 is 5.32 Å². The minimum absolute atomic E-state index is 0.873. The predicted octanol–water partition coefficient (Wildman–Crippen LogP) is 1.03. The summed E-state index contributed by atoms with van der Waals surface area (Å²) in [4.78, 5) is 2.57. The highest BCUT2D eigenvalue weighted by atomic mass is 32.2. The van der Waals surface area contributed by atoms with Crippen LogP contribution in [0.1, 0.15) is 12.8 Å². The summed E-state index contributed by atoms with van der Waals surface area (Å²) >= 11 is 2.11. The topological polar surface area (TPSA) is 15.3 Å². The molecule has 0 aromatic rings. The van der Waals surface area contributed by atoms with Gasteiger partial charge in [-0.25, -0.2) is 0 Å². The molecule has 0 spiro atoms. The number of hydrogen-bond donors (Lipinski definition) is 1. The molecule has 76 valence electrons. The molecule has 0 bridgehead atoms. The summed E-state index contributed by atoms with van der Waals surface area (Å²) in [5.41, 5.74) is 0. The summed E-state index contributed by atoms with van der Waals surface area (Å²) in [7, 11) is 2.29. The van der Waals surface area contributed by atoms with Gasteiger partial charge < -0.3 is 10.2 Å². The molecule has 0 aromatic heterocycles. The van der Waals surface area contributed by atoms with Crippen molar-refractivity contribution in [3.8, 4) is 0 Å². The fourth-order valence-electron chi connectivity index (χ4n) is 1.99. The van der Waals surface area contributed by atoms with Gasteiger partial charge in [-0.2, -0.15) is 11.8 Å². The summed E-state index contributed by atoms with van der Waals surface area (Å²) < 4.78 is 0. The zero-order valence-corrected chi connectivity index (χ0v) is 9.28. The molecule has 13 heavy (non-hydrogen) atoms. The van der Waals surface area contributed by atoms with Gasteiger partial charge in [0.05, 0.1) is 0 Å². The lowest BCUT2D eigenvalue weighted by atomic mass is 9.99. The number of thioether (sulfide) groups is 1. The Morgan fingerprint density at radius 3 is 2.85 bits per heavy atom. The van der Waals surface area contributed by atoms with Crippen LogP contribution in [0.5, 0.6) is 0 Å². The van der Waals surface area contributed by atoms with Crippen LogP contribution in [-0.2, 0) is 0 Å². The van der Waals surface area contributed by atoms with Gasteiger partial charge in [0.15, 0.2) is 0 Å². The molecule has 2 nitrogen and oxygen atoms in total. The Labute approximate surface area is 85.4 Å². The summed E-state index contributed by atoms with van der Waals surface area (Å²) in [6, 6.07) is 0.873. The lowest BCUT2D eigenvalue weighted by Gasteiger charge is -2.30. The molecule has 2 aliphatic heterocycles. The maximum atomic E-state index is 3.33. The van der Waals surface area contributed by atoms with Crippen LogP contribution in [0.2, 0.25) is 0 Å². The van der Waals surface area contributed by atoms with Crippen molar-refractivity contribution in [3.05, 3.63) is 0 Å². The van der Waals surface area contributed by atoms with Crippen molar-refractivity contribution >= 4 is 11.8 Å². The van der Waals surface area contributed by atoms with Crippen molar-refractivity contribution in [2.24, 2.45) is 5.92 Å². The van der Waals surface area contributed by atoms with E-state index in [1.54, 1.807) is 0 Å². The fraction of sp³-hybridized carbons (Fsp3) is 1.00. The molecule has 2 heterocycles. The van der Waals surface area contributed by atoms with Crippen molar-refractivity contribution in [1.29, 1.82) is 0 Å². The highest BCUT2D eigenvalue weighted by Crippen LogP contribution is 2.22. The zero-order valence-electron chi connectivity index (χ0n) is 8.46. The van der Waals surface area contributed by atoms with Gasteiger partial charge in [-0.1, -0.05) is 0 Å². The molecule has 3 heteroatoms. The van der Waals surface area contributed by atoms with E-state index in [9.17, 15) is 0 Å². The Morgan fingerprint density at radius 2 is 2.31 bits per heavy atom. The second-order valence-electron chi connectivity index (χ2n) is 4.31. The van der Waals surface area contributed by atoms with Crippen LogP contribution in [0.3, 0.4) is 0 Å². The number of nitrogens with one attached hydrogen (secondary N) is 1. The number of nitrogens with zero attached hydrogens (tertiary/aromatic N) is 1. The Hall–Kier alpha value is 0.270. The maximum Gasteiger partial charge on any atom is 0.0191 e. The van der Waals surface area contributed by atoms with Gasteiger partial charge in [-0.05, 0) is 51.2 Å². The highest BCUT2D eigenvalue weighted by molar-refractivity contribution is 7.99. The lowest BCUT2D eigenvalue weighted by molar-refractivity contribution is 0.219. The molecule has 1 atom stereocenters. The van der Waals surface area contributed by atoms with Gasteiger partial charge in [0.1, 0.15) is 0 Å². The molecule has 2 rings (SSSR count). The molecule has 2 saturated heterocycles. The maximum absolute atomic E-state index is 3.33. The molecule has 0 radical (unpaired) electrons. The van der Waals surface area contributed by atoms with Gasteiger partial charge in [0.2, 0.25) is 0 Å². The van der Waals surface area contributed by atoms with Crippen LogP contribution in [0.4, 0.5) is 0 Å². The summed E-state index contributed by atoms with van der Waals surface area (Å²) in [5.74, 6) is 3.70. The van der Waals surface area contributed by atoms with E-state index in [1.165, 1.54) is 44.0 Å². The Morgan fingerprint density at radius 1 is 1.46 bits per heavy atom. The van der Waals surface area contributed by atoms with Gasteiger partial charge in [-0.3, -0.25) is 0 Å². The standard InChI is InChI=1S/C10H20N2S/c1-12(10-3-5-13-8-10)4-2-9-6-11-7-9/h9-11H,2-8H2,1H3. The van der Waals surface area contributed by atoms with Gasteiger partial charge in [0.25, 0.3) is 0 Å². The van der Waals surface area contributed by atoms with Crippen molar-refractivity contribution in [1.82, 2.24) is 10.2 Å². The third-order valence-electron chi connectivity index (χ3n) is 3.29. The van der Waals surface area contributed by atoms with Crippen LogP contribution in [0.25, 0.3) is 0 Å². The average molecular weight is 200 g/mol. The quantitative estimate of drug-likeness (QED) is 0.730. The van der Waals surface area contributed by atoms with Crippen molar-refractivity contribution in [3.63, 3.8) is 0 Å². The largest absolute Gasteiger partial charge is 0.316 e. The summed E-state index contributed by atoms with van der Waals surface area (Å²) in [5, 5.41) is 3.33. The molecular weight excluding hydrogens is 180 g/mol. The van der Waals surface area contributed by atoms with E-state index in [0.29, 0.717) is 0 Å². The Bertz CT molecular complexity index is 153. The molecule has 0 aliphatic carbocycles. The SMILES string of the molecule is CN(CCC1CNC1)C1CCSC1. The van der Waals surface area contributed by atoms with E-state index in [4.69, 9.17) is 0 Å². The van der Waals surface area contributed by atoms with E-state index in [-0.39, 0.29) is 0 Å². The predicted molar refractivity (Wildman–Crippen MR) is 59.3 cm³/mol. The van der Waals surface area contributed by atoms with E-state index in [2.05, 4.69) is 29.0 Å². The Balaban J connectivity index is 1.62. The molecule has 0 amide bonds. The first-order chi connectivity index (χ1) is 6.36. The van der Waals surface area contributed by atoms with Crippen LogP contribution in [0, 0.1) is 5.92 Å². The second-order valence-corrected chi connectivity index (χ2v) is 5.46.